The van der Waals surface area contributed by atoms with E-state index in [2.05, 4.69) is 10.3 Å². The monoisotopic (exact) mass is 383 g/mol. The lowest BCUT2D eigenvalue weighted by Gasteiger charge is -2.31. The fraction of sp³-hybridized carbons (Fsp3) is 0.0526. The molecule has 1 aliphatic rings. The predicted molar refractivity (Wildman–Crippen MR) is 99.2 cm³/mol. The summed E-state index contributed by atoms with van der Waals surface area (Å²) in [6.45, 7) is -0.440. The molecule has 0 atom stereocenters. The van der Waals surface area contributed by atoms with Crippen molar-refractivity contribution < 1.29 is 17.6 Å². The van der Waals surface area contributed by atoms with E-state index in [0.29, 0.717) is 16.8 Å². The van der Waals surface area contributed by atoms with E-state index < -0.39 is 28.3 Å². The van der Waals surface area contributed by atoms with E-state index in [1.54, 1.807) is 36.5 Å². The van der Waals surface area contributed by atoms with E-state index >= 15 is 0 Å². The number of halogens is 1. The van der Waals surface area contributed by atoms with Crippen molar-refractivity contribution in [3.8, 4) is 11.1 Å². The van der Waals surface area contributed by atoms with Gasteiger partial charge in [0.05, 0.1) is 22.5 Å². The Hall–Kier alpha value is -3.26. The molecule has 1 aromatic heterocycles. The van der Waals surface area contributed by atoms with Gasteiger partial charge in [-0.2, -0.15) is 0 Å². The zero-order valence-electron chi connectivity index (χ0n) is 14.0. The van der Waals surface area contributed by atoms with Crippen LogP contribution in [0.5, 0.6) is 0 Å². The number of hydrogen-bond acceptors (Lipinski definition) is 4. The summed E-state index contributed by atoms with van der Waals surface area (Å²) < 4.78 is 41.0. The molecule has 1 N–H and O–H groups in total. The van der Waals surface area contributed by atoms with Crippen LogP contribution in [0.1, 0.15) is 0 Å². The number of carbonyl (C=O) groups is 1. The first kappa shape index (κ1) is 17.2. The lowest BCUT2D eigenvalue weighted by atomic mass is 10.0. The average molecular weight is 383 g/mol. The van der Waals surface area contributed by atoms with E-state index in [9.17, 15) is 17.6 Å². The van der Waals surface area contributed by atoms with E-state index in [1.165, 1.54) is 30.5 Å². The topological polar surface area (TPSA) is 79.4 Å². The van der Waals surface area contributed by atoms with Crippen LogP contribution in [0, 0.1) is 5.82 Å². The van der Waals surface area contributed by atoms with Crippen LogP contribution in [0.4, 0.5) is 15.8 Å². The molecular formula is C19H14FN3O3S. The summed E-state index contributed by atoms with van der Waals surface area (Å²) in [6, 6.07) is 13.5. The van der Waals surface area contributed by atoms with Gasteiger partial charge in [-0.3, -0.25) is 14.1 Å². The summed E-state index contributed by atoms with van der Waals surface area (Å²) in [5.41, 5.74) is 1.55. The number of hydrogen-bond donors (Lipinski definition) is 1. The van der Waals surface area contributed by atoms with Gasteiger partial charge >= 0.3 is 0 Å². The maximum absolute atomic E-state index is 13.8. The summed E-state index contributed by atoms with van der Waals surface area (Å²) in [5, 5.41) is 2.61. The van der Waals surface area contributed by atoms with Crippen LogP contribution in [0.3, 0.4) is 0 Å². The smallest absolute Gasteiger partial charge is 0.265 e. The molecule has 8 heteroatoms. The average Bonchev–Trinajstić information content (AvgIpc) is 2.66. The number of rotatable bonds is 3. The molecule has 1 aliphatic heterocycles. The first-order valence-electron chi connectivity index (χ1n) is 8.08. The van der Waals surface area contributed by atoms with Crippen molar-refractivity contribution in [2.45, 2.75) is 4.90 Å². The number of nitrogens with zero attached hydrogens (tertiary/aromatic N) is 2. The van der Waals surface area contributed by atoms with E-state index in [1.807, 2.05) is 0 Å². The molecule has 3 aromatic rings. The van der Waals surface area contributed by atoms with Crippen molar-refractivity contribution >= 4 is 27.3 Å². The number of aromatic nitrogens is 1. The fourth-order valence-corrected chi connectivity index (χ4v) is 4.69. The van der Waals surface area contributed by atoms with Crippen LogP contribution in [-0.2, 0) is 14.8 Å². The third-order valence-electron chi connectivity index (χ3n) is 4.21. The zero-order chi connectivity index (χ0) is 19.0. The van der Waals surface area contributed by atoms with Crippen molar-refractivity contribution in [2.75, 3.05) is 16.2 Å². The minimum absolute atomic E-state index is 0.0391. The first-order valence-corrected chi connectivity index (χ1v) is 9.52. The van der Waals surface area contributed by atoms with Crippen molar-refractivity contribution in [2.24, 2.45) is 0 Å². The second-order valence-electron chi connectivity index (χ2n) is 5.96. The Balaban J connectivity index is 1.76. The number of pyridine rings is 1. The van der Waals surface area contributed by atoms with Gasteiger partial charge in [-0.05, 0) is 36.4 Å². The van der Waals surface area contributed by atoms with Gasteiger partial charge in [-0.15, -0.1) is 0 Å². The van der Waals surface area contributed by atoms with Gasteiger partial charge < -0.3 is 5.32 Å². The number of sulfonamides is 1. The Morgan fingerprint density at radius 2 is 1.89 bits per heavy atom. The number of amides is 1. The molecule has 0 saturated carbocycles. The highest BCUT2D eigenvalue weighted by Gasteiger charge is 2.36. The van der Waals surface area contributed by atoms with Gasteiger partial charge in [0.25, 0.3) is 10.0 Å². The van der Waals surface area contributed by atoms with Crippen LogP contribution in [0.2, 0.25) is 0 Å². The van der Waals surface area contributed by atoms with Gasteiger partial charge in [0.1, 0.15) is 12.4 Å². The summed E-state index contributed by atoms with van der Waals surface area (Å²) in [7, 11) is -3.96. The molecule has 2 heterocycles. The van der Waals surface area contributed by atoms with E-state index in [4.69, 9.17) is 0 Å². The number of fused-ring (bicyclic) bond motifs is 3. The SMILES string of the molecule is O=C(CN1c2ccc(F)cc2-c2ccccc2S1(=O)=O)Nc1cccnc1. The second kappa shape index (κ2) is 6.48. The summed E-state index contributed by atoms with van der Waals surface area (Å²) in [5.74, 6) is -1.01. The summed E-state index contributed by atoms with van der Waals surface area (Å²) in [6.07, 6.45) is 3.02. The Labute approximate surface area is 155 Å². The Bertz CT molecular complexity index is 1130. The third-order valence-corrected chi connectivity index (χ3v) is 6.02. The minimum Gasteiger partial charge on any atom is -0.323 e. The van der Waals surface area contributed by atoms with Crippen molar-refractivity contribution in [3.63, 3.8) is 0 Å². The van der Waals surface area contributed by atoms with Crippen LogP contribution in [-0.4, -0.2) is 25.9 Å². The normalized spacial score (nSPS) is 14.2. The first-order chi connectivity index (χ1) is 13.0. The number of carbonyl (C=O) groups excluding carboxylic acids is 1. The highest BCUT2D eigenvalue weighted by atomic mass is 32.2. The maximum atomic E-state index is 13.8. The predicted octanol–water partition coefficient (Wildman–Crippen LogP) is 3.04. The lowest BCUT2D eigenvalue weighted by molar-refractivity contribution is -0.114. The summed E-state index contributed by atoms with van der Waals surface area (Å²) >= 11 is 0. The largest absolute Gasteiger partial charge is 0.323 e. The maximum Gasteiger partial charge on any atom is 0.265 e. The molecule has 4 rings (SSSR count). The molecule has 0 unspecified atom stereocenters. The van der Waals surface area contributed by atoms with Crippen LogP contribution < -0.4 is 9.62 Å². The van der Waals surface area contributed by atoms with Gasteiger partial charge in [-0.1, -0.05) is 18.2 Å². The van der Waals surface area contributed by atoms with Crippen LogP contribution in [0.25, 0.3) is 11.1 Å². The molecule has 0 radical (unpaired) electrons. The Kier molecular flexibility index (Phi) is 4.12. The highest BCUT2D eigenvalue weighted by Crippen LogP contribution is 2.42. The zero-order valence-corrected chi connectivity index (χ0v) is 14.8. The van der Waals surface area contributed by atoms with Gasteiger partial charge in [-0.25, -0.2) is 12.8 Å². The van der Waals surface area contributed by atoms with Gasteiger partial charge in [0.15, 0.2) is 0 Å². The van der Waals surface area contributed by atoms with E-state index in [-0.39, 0.29) is 10.6 Å². The van der Waals surface area contributed by atoms with Crippen molar-refractivity contribution in [1.29, 1.82) is 0 Å². The molecule has 0 bridgehead atoms. The molecule has 136 valence electrons. The van der Waals surface area contributed by atoms with Crippen LogP contribution in [0.15, 0.2) is 71.9 Å². The third kappa shape index (κ3) is 3.04. The molecule has 0 aliphatic carbocycles. The van der Waals surface area contributed by atoms with Gasteiger partial charge in [0, 0.05) is 17.3 Å². The molecule has 0 saturated heterocycles. The highest BCUT2D eigenvalue weighted by molar-refractivity contribution is 7.93. The number of anilines is 2. The van der Waals surface area contributed by atoms with Crippen molar-refractivity contribution in [1.82, 2.24) is 4.98 Å². The molecule has 1 amide bonds. The Morgan fingerprint density at radius 1 is 1.07 bits per heavy atom. The molecule has 0 fully saturated rings. The summed E-state index contributed by atoms with van der Waals surface area (Å²) in [4.78, 5) is 16.4. The van der Waals surface area contributed by atoms with E-state index in [0.717, 1.165) is 4.31 Å². The number of benzene rings is 2. The quantitative estimate of drug-likeness (QED) is 0.754. The standard InChI is InChI=1S/C19H14FN3O3S/c20-13-7-8-17-16(10-13)15-5-1-2-6-18(15)27(25,26)23(17)12-19(24)22-14-4-3-9-21-11-14/h1-11H,12H2,(H,22,24). The molecule has 0 spiro atoms. The van der Waals surface area contributed by atoms with Crippen LogP contribution >= 0.6 is 0 Å². The molecule has 27 heavy (non-hydrogen) atoms. The minimum atomic E-state index is -3.96. The fourth-order valence-electron chi connectivity index (χ4n) is 3.04. The molecule has 6 nitrogen and oxygen atoms in total. The lowest BCUT2D eigenvalue weighted by Crippen LogP contribution is -2.40. The Morgan fingerprint density at radius 3 is 2.67 bits per heavy atom. The van der Waals surface area contributed by atoms with Gasteiger partial charge in [0.2, 0.25) is 5.91 Å². The van der Waals surface area contributed by atoms with Crippen molar-refractivity contribution in [3.05, 3.63) is 72.8 Å². The molecular weight excluding hydrogens is 369 g/mol. The second-order valence-corrected chi connectivity index (χ2v) is 7.79. The number of nitrogens with one attached hydrogen (secondary N) is 1. The molecule has 2 aromatic carbocycles.